The third kappa shape index (κ3) is 4.31. The van der Waals surface area contributed by atoms with Crippen molar-refractivity contribution in [3.05, 3.63) is 53.6 Å². The van der Waals surface area contributed by atoms with E-state index in [0.717, 1.165) is 12.0 Å². The minimum Gasteiger partial charge on any atom is -0.495 e. The van der Waals surface area contributed by atoms with Gasteiger partial charge in [-0.2, -0.15) is 0 Å². The number of methoxy groups -OCH3 is 1. The summed E-state index contributed by atoms with van der Waals surface area (Å²) < 4.78 is 33.1. The van der Waals surface area contributed by atoms with Crippen molar-refractivity contribution in [2.45, 2.75) is 32.1 Å². The Bertz CT molecular complexity index is 1030. The molecular formula is C23H30N2O4S. The van der Waals surface area contributed by atoms with Gasteiger partial charge in [0.1, 0.15) is 5.75 Å². The molecule has 0 aromatic heterocycles. The number of nitrogens with zero attached hydrogens (tertiary/aromatic N) is 2. The summed E-state index contributed by atoms with van der Waals surface area (Å²) in [6.45, 7) is 7.52. The minimum absolute atomic E-state index is 0.0861. The van der Waals surface area contributed by atoms with Crippen molar-refractivity contribution in [1.82, 2.24) is 4.90 Å². The molecule has 0 aliphatic carbocycles. The van der Waals surface area contributed by atoms with Crippen molar-refractivity contribution in [2.24, 2.45) is 11.8 Å². The number of rotatable bonds is 5. The first kappa shape index (κ1) is 22.2. The molecule has 1 aliphatic heterocycles. The lowest BCUT2D eigenvalue weighted by Crippen LogP contribution is -2.42. The molecule has 162 valence electrons. The van der Waals surface area contributed by atoms with Gasteiger partial charge in [-0.25, -0.2) is 8.42 Å². The number of para-hydroxylation sites is 2. The number of piperidine rings is 1. The number of sulfonamides is 1. The summed E-state index contributed by atoms with van der Waals surface area (Å²) in [5, 5.41) is 0. The van der Waals surface area contributed by atoms with Crippen LogP contribution in [0.3, 0.4) is 0 Å². The monoisotopic (exact) mass is 430 g/mol. The van der Waals surface area contributed by atoms with Gasteiger partial charge < -0.3 is 9.64 Å². The van der Waals surface area contributed by atoms with E-state index in [1.807, 2.05) is 11.8 Å². The fourth-order valence-corrected chi connectivity index (χ4v) is 5.40. The van der Waals surface area contributed by atoms with Crippen LogP contribution >= 0.6 is 0 Å². The first-order valence-electron chi connectivity index (χ1n) is 10.2. The van der Waals surface area contributed by atoms with Crippen molar-refractivity contribution in [3.8, 4) is 5.75 Å². The molecule has 1 aliphatic rings. The van der Waals surface area contributed by atoms with Gasteiger partial charge in [0.15, 0.2) is 0 Å². The third-order valence-electron chi connectivity index (χ3n) is 5.68. The number of anilines is 1. The molecule has 30 heavy (non-hydrogen) atoms. The SMILES string of the molecule is COc1ccccc1N(C)S(=O)(=O)c1ccc(C)c(C(=O)N2CC(C)CC(C)C2)c1. The second-order valence-corrected chi connectivity index (χ2v) is 10.2. The molecule has 1 heterocycles. The van der Waals surface area contributed by atoms with E-state index in [2.05, 4.69) is 13.8 Å². The highest BCUT2D eigenvalue weighted by molar-refractivity contribution is 7.92. The Labute approximate surface area is 179 Å². The van der Waals surface area contributed by atoms with Gasteiger partial charge in [0, 0.05) is 25.7 Å². The van der Waals surface area contributed by atoms with Crippen LogP contribution in [0.5, 0.6) is 5.75 Å². The average molecular weight is 431 g/mol. The number of likely N-dealkylation sites (tertiary alicyclic amines) is 1. The molecule has 1 saturated heterocycles. The van der Waals surface area contributed by atoms with Gasteiger partial charge in [-0.3, -0.25) is 9.10 Å². The van der Waals surface area contributed by atoms with Crippen molar-refractivity contribution < 1.29 is 17.9 Å². The number of hydrogen-bond acceptors (Lipinski definition) is 4. The maximum atomic E-state index is 13.3. The largest absolute Gasteiger partial charge is 0.495 e. The van der Waals surface area contributed by atoms with Gasteiger partial charge in [-0.05, 0) is 55.0 Å². The summed E-state index contributed by atoms with van der Waals surface area (Å²) >= 11 is 0. The summed E-state index contributed by atoms with van der Waals surface area (Å²) in [6, 6.07) is 11.7. The Morgan fingerprint density at radius 3 is 2.37 bits per heavy atom. The molecule has 1 amide bonds. The van der Waals surface area contributed by atoms with Crippen LogP contribution in [0.2, 0.25) is 0 Å². The van der Waals surface area contributed by atoms with E-state index in [1.165, 1.54) is 24.5 Å². The van der Waals surface area contributed by atoms with Gasteiger partial charge >= 0.3 is 0 Å². The molecule has 2 aromatic rings. The van der Waals surface area contributed by atoms with E-state index >= 15 is 0 Å². The van der Waals surface area contributed by atoms with Gasteiger partial charge in [0.05, 0.1) is 17.7 Å². The summed E-state index contributed by atoms with van der Waals surface area (Å²) in [7, 11) is -0.876. The van der Waals surface area contributed by atoms with E-state index in [4.69, 9.17) is 4.74 Å². The van der Waals surface area contributed by atoms with Crippen LogP contribution < -0.4 is 9.04 Å². The molecule has 7 heteroatoms. The number of amides is 1. The van der Waals surface area contributed by atoms with E-state index in [1.54, 1.807) is 36.4 Å². The van der Waals surface area contributed by atoms with E-state index in [0.29, 0.717) is 41.9 Å². The highest BCUT2D eigenvalue weighted by atomic mass is 32.2. The van der Waals surface area contributed by atoms with Gasteiger partial charge in [-0.1, -0.05) is 32.0 Å². The normalized spacial score (nSPS) is 19.4. The summed E-state index contributed by atoms with van der Waals surface area (Å²) in [5.41, 5.74) is 1.64. The van der Waals surface area contributed by atoms with E-state index < -0.39 is 10.0 Å². The van der Waals surface area contributed by atoms with Crippen molar-refractivity contribution in [1.29, 1.82) is 0 Å². The molecule has 2 atom stereocenters. The van der Waals surface area contributed by atoms with Crippen LogP contribution in [0.4, 0.5) is 5.69 Å². The van der Waals surface area contributed by atoms with Gasteiger partial charge in [-0.15, -0.1) is 0 Å². The standard InChI is InChI=1S/C23H30N2O4S/c1-16-12-17(2)15-25(14-16)23(26)20-13-19(11-10-18(20)3)30(27,28)24(4)21-8-6-7-9-22(21)29-5/h6-11,13,16-17H,12,14-15H2,1-5H3. The first-order valence-corrected chi connectivity index (χ1v) is 11.6. The number of carbonyl (C=O) groups excluding carboxylic acids is 1. The lowest BCUT2D eigenvalue weighted by Gasteiger charge is -2.35. The average Bonchev–Trinajstić information content (AvgIpc) is 2.72. The zero-order valence-electron chi connectivity index (χ0n) is 18.3. The lowest BCUT2D eigenvalue weighted by molar-refractivity contribution is 0.0622. The molecule has 0 spiro atoms. The topological polar surface area (TPSA) is 66.9 Å². The Balaban J connectivity index is 1.96. The molecule has 6 nitrogen and oxygen atoms in total. The van der Waals surface area contributed by atoms with Crippen molar-refractivity contribution >= 4 is 21.6 Å². The smallest absolute Gasteiger partial charge is 0.264 e. The predicted molar refractivity (Wildman–Crippen MR) is 119 cm³/mol. The highest BCUT2D eigenvalue weighted by Gasteiger charge is 2.29. The Hall–Kier alpha value is -2.54. The minimum atomic E-state index is -3.87. The maximum Gasteiger partial charge on any atom is 0.264 e. The van der Waals surface area contributed by atoms with Gasteiger partial charge in [0.2, 0.25) is 0 Å². The predicted octanol–water partition coefficient (Wildman–Crippen LogP) is 3.95. The number of hydrogen-bond donors (Lipinski definition) is 0. The Kier molecular flexibility index (Phi) is 6.41. The summed E-state index contributed by atoms with van der Waals surface area (Å²) in [6.07, 6.45) is 1.10. The third-order valence-corrected chi connectivity index (χ3v) is 7.45. The zero-order chi connectivity index (χ0) is 22.1. The fraction of sp³-hybridized carbons (Fsp3) is 0.435. The zero-order valence-corrected chi connectivity index (χ0v) is 19.1. The lowest BCUT2D eigenvalue weighted by atomic mass is 9.91. The van der Waals surface area contributed by atoms with Crippen LogP contribution in [0.1, 0.15) is 36.2 Å². The Morgan fingerprint density at radius 2 is 1.73 bits per heavy atom. The van der Waals surface area contributed by atoms with Crippen LogP contribution in [0.15, 0.2) is 47.4 Å². The number of aryl methyl sites for hydroxylation is 1. The first-order chi connectivity index (χ1) is 14.1. The van der Waals surface area contributed by atoms with Crippen molar-refractivity contribution in [3.63, 3.8) is 0 Å². The highest BCUT2D eigenvalue weighted by Crippen LogP contribution is 2.32. The maximum absolute atomic E-state index is 13.3. The molecule has 0 saturated carbocycles. The van der Waals surface area contributed by atoms with E-state index in [9.17, 15) is 13.2 Å². The van der Waals surface area contributed by atoms with Gasteiger partial charge in [0.25, 0.3) is 15.9 Å². The molecule has 2 unspecified atom stereocenters. The van der Waals surface area contributed by atoms with Crippen LogP contribution in [0.25, 0.3) is 0 Å². The fourth-order valence-electron chi connectivity index (χ4n) is 4.17. The molecule has 1 fully saturated rings. The van der Waals surface area contributed by atoms with Crippen LogP contribution in [0, 0.1) is 18.8 Å². The molecular weight excluding hydrogens is 400 g/mol. The molecule has 0 radical (unpaired) electrons. The number of carbonyl (C=O) groups is 1. The molecule has 3 rings (SSSR count). The second kappa shape index (κ2) is 8.68. The van der Waals surface area contributed by atoms with E-state index in [-0.39, 0.29) is 10.8 Å². The quantitative estimate of drug-likeness (QED) is 0.720. The Morgan fingerprint density at radius 1 is 1.10 bits per heavy atom. The molecule has 0 N–H and O–H groups in total. The van der Waals surface area contributed by atoms with Crippen LogP contribution in [-0.4, -0.2) is 46.5 Å². The summed E-state index contributed by atoms with van der Waals surface area (Å²) in [5.74, 6) is 1.22. The summed E-state index contributed by atoms with van der Waals surface area (Å²) in [4.78, 5) is 15.2. The molecule has 2 aromatic carbocycles. The molecule has 0 bridgehead atoms. The second-order valence-electron chi connectivity index (χ2n) is 8.28. The van der Waals surface area contributed by atoms with Crippen molar-refractivity contribution in [2.75, 3.05) is 31.6 Å². The number of ether oxygens (including phenoxy) is 1. The van der Waals surface area contributed by atoms with Crippen LogP contribution in [-0.2, 0) is 10.0 Å². The number of benzene rings is 2.